The quantitative estimate of drug-likeness (QED) is 0.803. The Morgan fingerprint density at radius 1 is 1.15 bits per heavy atom. The first-order valence-corrected chi connectivity index (χ1v) is 9.03. The van der Waals surface area contributed by atoms with Gasteiger partial charge in [-0.15, -0.1) is 10.2 Å². The summed E-state index contributed by atoms with van der Waals surface area (Å²) in [5.74, 6) is 1.04. The number of carbonyl (C=O) groups is 1. The van der Waals surface area contributed by atoms with E-state index >= 15 is 0 Å². The molecular formula is C20H27N5O2. The van der Waals surface area contributed by atoms with Crippen LogP contribution in [0.3, 0.4) is 0 Å². The molecule has 0 saturated heterocycles. The second-order valence-electron chi connectivity index (χ2n) is 8.46. The number of carbonyl (C=O) groups excluding carboxylic acids is 1. The fourth-order valence-electron chi connectivity index (χ4n) is 4.30. The lowest BCUT2D eigenvalue weighted by atomic mass is 9.49. The minimum atomic E-state index is -0.275. The second-order valence-corrected chi connectivity index (χ2v) is 8.46. The summed E-state index contributed by atoms with van der Waals surface area (Å²) in [6.07, 6.45) is 1.38. The maximum Gasteiger partial charge on any atom is 0.273 e. The summed E-state index contributed by atoms with van der Waals surface area (Å²) in [5, 5.41) is 10.9. The lowest BCUT2D eigenvalue weighted by Crippen LogP contribution is -2.74. The molecule has 3 rings (SSSR count). The molecule has 0 spiro atoms. The Balaban J connectivity index is 1.76. The molecule has 0 bridgehead atoms. The number of benzene rings is 1. The van der Waals surface area contributed by atoms with Crippen LogP contribution in [0, 0.1) is 24.7 Å². The van der Waals surface area contributed by atoms with Crippen molar-refractivity contribution in [2.75, 3.05) is 5.73 Å². The van der Waals surface area contributed by atoms with Crippen molar-refractivity contribution in [2.45, 2.75) is 53.7 Å². The van der Waals surface area contributed by atoms with E-state index < -0.39 is 0 Å². The maximum absolute atomic E-state index is 12.6. The predicted octanol–water partition coefficient (Wildman–Crippen LogP) is 2.68. The van der Waals surface area contributed by atoms with Crippen LogP contribution in [0.5, 0.6) is 5.75 Å². The Morgan fingerprint density at radius 3 is 2.37 bits per heavy atom. The van der Waals surface area contributed by atoms with E-state index in [1.807, 2.05) is 25.1 Å². The molecule has 0 aliphatic heterocycles. The molecule has 7 heteroatoms. The molecule has 1 aromatic heterocycles. The number of aryl methyl sites for hydroxylation is 2. The number of amides is 1. The SMILES string of the molecule is Cc1ncc(C(=O)NC2C(C)(C)C(Oc3ccc(N)c(C)c3)C2(C)C)nn1. The van der Waals surface area contributed by atoms with E-state index in [9.17, 15) is 4.79 Å². The third kappa shape index (κ3) is 3.34. The Hall–Kier alpha value is -2.70. The number of nitrogens with one attached hydrogen (secondary N) is 1. The average molecular weight is 369 g/mol. The Labute approximate surface area is 159 Å². The number of aromatic nitrogens is 3. The van der Waals surface area contributed by atoms with Crippen LogP contribution in [0.1, 0.15) is 49.6 Å². The van der Waals surface area contributed by atoms with Gasteiger partial charge in [0, 0.05) is 22.6 Å². The summed E-state index contributed by atoms with van der Waals surface area (Å²) in [5.41, 5.74) is 7.31. The minimum absolute atomic E-state index is 0.0689. The van der Waals surface area contributed by atoms with Crippen LogP contribution in [-0.4, -0.2) is 33.2 Å². The molecule has 0 unspecified atom stereocenters. The van der Waals surface area contributed by atoms with Gasteiger partial charge in [-0.2, -0.15) is 0 Å². The van der Waals surface area contributed by atoms with E-state index in [4.69, 9.17) is 10.5 Å². The molecule has 1 fully saturated rings. The van der Waals surface area contributed by atoms with Gasteiger partial charge in [-0.05, 0) is 37.6 Å². The highest BCUT2D eigenvalue weighted by Gasteiger charge is 2.64. The summed E-state index contributed by atoms with van der Waals surface area (Å²) in [6, 6.07) is 5.60. The molecule has 1 saturated carbocycles. The molecule has 1 heterocycles. The van der Waals surface area contributed by atoms with E-state index in [2.05, 4.69) is 48.2 Å². The van der Waals surface area contributed by atoms with Crippen molar-refractivity contribution in [3.05, 3.63) is 41.5 Å². The highest BCUT2D eigenvalue weighted by Crippen LogP contribution is 2.55. The highest BCUT2D eigenvalue weighted by atomic mass is 16.5. The van der Waals surface area contributed by atoms with Crippen molar-refractivity contribution in [3.63, 3.8) is 0 Å². The van der Waals surface area contributed by atoms with Crippen molar-refractivity contribution in [1.82, 2.24) is 20.5 Å². The van der Waals surface area contributed by atoms with Gasteiger partial charge < -0.3 is 15.8 Å². The molecule has 1 aliphatic rings. The zero-order valence-electron chi connectivity index (χ0n) is 16.7. The first-order chi connectivity index (χ1) is 12.5. The standard InChI is InChI=1S/C20H27N5O2/c1-11-9-13(7-8-14(11)21)27-18-19(3,4)17(20(18,5)6)23-16(26)15-10-22-12(2)24-25-15/h7-10,17-18H,21H2,1-6H3,(H,23,26). The van der Waals surface area contributed by atoms with Crippen LogP contribution in [0.2, 0.25) is 0 Å². The molecule has 2 aromatic rings. The van der Waals surface area contributed by atoms with Crippen molar-refractivity contribution in [3.8, 4) is 5.75 Å². The third-order valence-corrected chi connectivity index (χ3v) is 5.52. The number of hydrogen-bond donors (Lipinski definition) is 2. The van der Waals surface area contributed by atoms with E-state index in [1.165, 1.54) is 6.20 Å². The van der Waals surface area contributed by atoms with Crippen molar-refractivity contribution < 1.29 is 9.53 Å². The molecule has 1 amide bonds. The molecule has 1 aliphatic carbocycles. The number of anilines is 1. The number of ether oxygens (including phenoxy) is 1. The van der Waals surface area contributed by atoms with Gasteiger partial charge in [0.05, 0.1) is 6.20 Å². The molecule has 0 radical (unpaired) electrons. The minimum Gasteiger partial charge on any atom is -0.489 e. The van der Waals surface area contributed by atoms with Crippen LogP contribution in [0.15, 0.2) is 24.4 Å². The van der Waals surface area contributed by atoms with Crippen LogP contribution >= 0.6 is 0 Å². The van der Waals surface area contributed by atoms with Gasteiger partial charge in [-0.3, -0.25) is 4.79 Å². The van der Waals surface area contributed by atoms with Crippen molar-refractivity contribution in [1.29, 1.82) is 0 Å². The first-order valence-electron chi connectivity index (χ1n) is 9.03. The summed E-state index contributed by atoms with van der Waals surface area (Å²) in [7, 11) is 0. The van der Waals surface area contributed by atoms with Gasteiger partial charge >= 0.3 is 0 Å². The van der Waals surface area contributed by atoms with Crippen LogP contribution in [0.4, 0.5) is 5.69 Å². The number of rotatable bonds is 4. The van der Waals surface area contributed by atoms with Gasteiger partial charge in [0.1, 0.15) is 17.7 Å². The van der Waals surface area contributed by atoms with Gasteiger partial charge in [0.15, 0.2) is 5.69 Å². The summed E-state index contributed by atoms with van der Waals surface area (Å²) in [6.45, 7) is 12.1. The fraction of sp³-hybridized carbons (Fsp3) is 0.500. The maximum atomic E-state index is 12.6. The Bertz CT molecular complexity index is 845. The van der Waals surface area contributed by atoms with Gasteiger partial charge in [-0.1, -0.05) is 27.7 Å². The monoisotopic (exact) mass is 369 g/mol. The van der Waals surface area contributed by atoms with Crippen molar-refractivity contribution >= 4 is 11.6 Å². The van der Waals surface area contributed by atoms with E-state index in [-0.39, 0.29) is 34.6 Å². The fourth-order valence-corrected chi connectivity index (χ4v) is 4.30. The number of nitrogens with two attached hydrogens (primary N) is 1. The van der Waals surface area contributed by atoms with Gasteiger partial charge in [0.25, 0.3) is 5.91 Å². The van der Waals surface area contributed by atoms with Crippen LogP contribution in [0.25, 0.3) is 0 Å². The van der Waals surface area contributed by atoms with Crippen LogP contribution in [-0.2, 0) is 0 Å². The summed E-state index contributed by atoms with van der Waals surface area (Å²) >= 11 is 0. The van der Waals surface area contributed by atoms with E-state index in [0.29, 0.717) is 5.82 Å². The topological polar surface area (TPSA) is 103 Å². The smallest absolute Gasteiger partial charge is 0.273 e. The van der Waals surface area contributed by atoms with Crippen LogP contribution < -0.4 is 15.8 Å². The van der Waals surface area contributed by atoms with Gasteiger partial charge in [-0.25, -0.2) is 4.98 Å². The third-order valence-electron chi connectivity index (χ3n) is 5.52. The molecule has 27 heavy (non-hydrogen) atoms. The molecule has 0 atom stereocenters. The lowest BCUT2D eigenvalue weighted by Gasteiger charge is -2.63. The zero-order chi connectivity index (χ0) is 20.0. The average Bonchev–Trinajstić information content (AvgIpc) is 2.60. The number of nitrogens with zero attached hydrogens (tertiary/aromatic N) is 3. The molecule has 1 aromatic carbocycles. The molecule has 3 N–H and O–H groups in total. The van der Waals surface area contributed by atoms with E-state index in [0.717, 1.165) is 17.0 Å². The number of nitrogen functional groups attached to an aromatic ring is 1. The predicted molar refractivity (Wildman–Crippen MR) is 103 cm³/mol. The van der Waals surface area contributed by atoms with Gasteiger partial charge in [0.2, 0.25) is 0 Å². The van der Waals surface area contributed by atoms with E-state index in [1.54, 1.807) is 6.92 Å². The molecule has 144 valence electrons. The first kappa shape index (κ1) is 19.1. The number of hydrogen-bond acceptors (Lipinski definition) is 6. The summed E-state index contributed by atoms with van der Waals surface area (Å²) < 4.78 is 6.30. The van der Waals surface area contributed by atoms with Crippen molar-refractivity contribution in [2.24, 2.45) is 10.8 Å². The Morgan fingerprint density at radius 2 is 1.81 bits per heavy atom. The molecular weight excluding hydrogens is 342 g/mol. The molecule has 7 nitrogen and oxygen atoms in total. The second kappa shape index (κ2) is 6.48. The normalized spacial score (nSPS) is 22.6. The highest BCUT2D eigenvalue weighted by molar-refractivity contribution is 5.92. The lowest BCUT2D eigenvalue weighted by molar-refractivity contribution is -0.164. The summed E-state index contributed by atoms with van der Waals surface area (Å²) in [4.78, 5) is 16.6. The largest absolute Gasteiger partial charge is 0.489 e. The zero-order valence-corrected chi connectivity index (χ0v) is 16.7. The Kier molecular flexibility index (Phi) is 4.57.